The van der Waals surface area contributed by atoms with E-state index in [0.717, 1.165) is 12.8 Å². The highest BCUT2D eigenvalue weighted by Crippen LogP contribution is 2.36. The van der Waals surface area contributed by atoms with Crippen LogP contribution in [0, 0.1) is 0 Å². The molecule has 0 saturated carbocycles. The Morgan fingerprint density at radius 1 is 0.923 bits per heavy atom. The van der Waals surface area contributed by atoms with Crippen LogP contribution in [0.3, 0.4) is 0 Å². The standard InChI is InChI=1S/C21H29BO3Si/c1-21(2,3)26(19-13-7-4-8-14-19,20-15-9-5-10-16-20)25-18-12-6-11-17-22(23)24/h4-5,7-11,13-17,23-24H,6,12,18H2,1-3H3/b17-11+. The van der Waals surface area contributed by atoms with Gasteiger partial charge in [-0.25, -0.2) is 0 Å². The van der Waals surface area contributed by atoms with E-state index in [-0.39, 0.29) is 5.04 Å². The topological polar surface area (TPSA) is 49.7 Å². The molecule has 0 saturated heterocycles. The number of rotatable bonds is 8. The van der Waals surface area contributed by atoms with Gasteiger partial charge in [0.2, 0.25) is 0 Å². The molecule has 2 N–H and O–H groups in total. The van der Waals surface area contributed by atoms with Gasteiger partial charge in [0.15, 0.2) is 0 Å². The summed E-state index contributed by atoms with van der Waals surface area (Å²) in [4.78, 5) is 0. The fourth-order valence-corrected chi connectivity index (χ4v) is 8.01. The lowest BCUT2D eigenvalue weighted by Crippen LogP contribution is -2.66. The van der Waals surface area contributed by atoms with Crippen molar-refractivity contribution < 1.29 is 14.5 Å². The minimum atomic E-state index is -2.45. The van der Waals surface area contributed by atoms with E-state index in [1.807, 2.05) is 12.1 Å². The molecule has 0 aromatic heterocycles. The second kappa shape index (κ2) is 9.33. The summed E-state index contributed by atoms with van der Waals surface area (Å²) >= 11 is 0. The van der Waals surface area contributed by atoms with Crippen LogP contribution in [0.5, 0.6) is 0 Å². The van der Waals surface area contributed by atoms with Crippen LogP contribution in [-0.4, -0.2) is 32.1 Å². The Kier molecular flexibility index (Phi) is 7.41. The molecular formula is C21H29BO3Si. The van der Waals surface area contributed by atoms with E-state index in [4.69, 9.17) is 14.5 Å². The predicted molar refractivity (Wildman–Crippen MR) is 112 cm³/mol. The summed E-state index contributed by atoms with van der Waals surface area (Å²) in [7, 11) is -3.84. The summed E-state index contributed by atoms with van der Waals surface area (Å²) in [6.07, 6.45) is 3.39. The number of hydrogen-bond acceptors (Lipinski definition) is 3. The summed E-state index contributed by atoms with van der Waals surface area (Å²) in [5.74, 6) is 1.39. The summed E-state index contributed by atoms with van der Waals surface area (Å²) < 4.78 is 6.75. The quantitative estimate of drug-likeness (QED) is 0.557. The average molecular weight is 368 g/mol. The third-order valence-electron chi connectivity index (χ3n) is 4.56. The van der Waals surface area contributed by atoms with Crippen LogP contribution in [0.2, 0.25) is 5.04 Å². The third-order valence-corrected chi connectivity index (χ3v) is 9.60. The van der Waals surface area contributed by atoms with Crippen molar-refractivity contribution in [3.05, 3.63) is 72.7 Å². The SMILES string of the molecule is CC(C)(C)[Si](OCCC/C=C/B(O)O)(c1ccccc1)c1ccccc1. The fraction of sp³-hybridized carbons (Fsp3) is 0.333. The first kappa shape index (κ1) is 20.7. The number of unbranched alkanes of at least 4 members (excludes halogenated alkanes) is 1. The Bertz CT molecular complexity index is 642. The van der Waals surface area contributed by atoms with E-state index in [1.165, 1.54) is 16.3 Å². The van der Waals surface area contributed by atoms with Gasteiger partial charge in [0.05, 0.1) is 0 Å². The van der Waals surface area contributed by atoms with Gasteiger partial charge in [-0.15, -0.1) is 0 Å². The zero-order valence-corrected chi connectivity index (χ0v) is 16.9. The minimum Gasteiger partial charge on any atom is -0.424 e. The molecular weight excluding hydrogens is 339 g/mol. The fourth-order valence-electron chi connectivity index (χ4n) is 3.41. The van der Waals surface area contributed by atoms with Crippen molar-refractivity contribution in [2.45, 2.75) is 38.7 Å². The first-order valence-electron chi connectivity index (χ1n) is 9.16. The minimum absolute atomic E-state index is 0.0210. The van der Waals surface area contributed by atoms with Crippen molar-refractivity contribution in [3.63, 3.8) is 0 Å². The number of allylic oxidation sites excluding steroid dienone is 1. The molecule has 26 heavy (non-hydrogen) atoms. The smallest absolute Gasteiger partial charge is 0.424 e. The molecule has 0 fully saturated rings. The Morgan fingerprint density at radius 2 is 1.42 bits per heavy atom. The zero-order chi connectivity index (χ0) is 19.0. The average Bonchev–Trinajstić information content (AvgIpc) is 2.61. The normalized spacial score (nSPS) is 12.5. The molecule has 0 radical (unpaired) electrons. The molecule has 0 atom stereocenters. The lowest BCUT2D eigenvalue weighted by Gasteiger charge is -2.43. The van der Waals surface area contributed by atoms with Crippen molar-refractivity contribution in [2.75, 3.05) is 6.61 Å². The molecule has 0 amide bonds. The highest BCUT2D eigenvalue weighted by atomic mass is 28.4. The van der Waals surface area contributed by atoms with Crippen LogP contribution in [-0.2, 0) is 4.43 Å². The number of benzene rings is 2. The Labute approximate surface area is 158 Å². The van der Waals surface area contributed by atoms with Gasteiger partial charge < -0.3 is 14.5 Å². The van der Waals surface area contributed by atoms with E-state index in [2.05, 4.69) is 69.3 Å². The molecule has 138 valence electrons. The van der Waals surface area contributed by atoms with Gasteiger partial charge in [-0.1, -0.05) is 93.5 Å². The Balaban J connectivity index is 2.32. The van der Waals surface area contributed by atoms with Gasteiger partial charge in [-0.3, -0.25) is 0 Å². The first-order valence-corrected chi connectivity index (χ1v) is 11.1. The van der Waals surface area contributed by atoms with Gasteiger partial charge in [0.1, 0.15) is 0 Å². The Hall–Kier alpha value is -1.66. The maximum Gasteiger partial charge on any atom is 0.480 e. The lowest BCUT2D eigenvalue weighted by atomic mass is 9.91. The maximum absolute atomic E-state index is 8.89. The van der Waals surface area contributed by atoms with Gasteiger partial charge >= 0.3 is 7.12 Å². The van der Waals surface area contributed by atoms with Crippen LogP contribution in [0.25, 0.3) is 0 Å². The second-order valence-electron chi connectivity index (χ2n) is 7.50. The first-order chi connectivity index (χ1) is 12.4. The maximum atomic E-state index is 8.89. The molecule has 2 aromatic carbocycles. The number of hydrogen-bond donors (Lipinski definition) is 2. The summed E-state index contributed by atoms with van der Waals surface area (Å²) in [6, 6.07) is 21.2. The molecule has 0 aliphatic heterocycles. The van der Waals surface area contributed by atoms with E-state index in [0.29, 0.717) is 6.61 Å². The lowest BCUT2D eigenvalue weighted by molar-refractivity contribution is 0.293. The summed E-state index contributed by atoms with van der Waals surface area (Å²) in [5.41, 5.74) is 0. The van der Waals surface area contributed by atoms with Gasteiger partial charge in [0, 0.05) is 6.61 Å². The van der Waals surface area contributed by atoms with Crippen LogP contribution < -0.4 is 10.4 Å². The van der Waals surface area contributed by atoms with Crippen molar-refractivity contribution >= 4 is 25.8 Å². The van der Waals surface area contributed by atoms with Crippen molar-refractivity contribution in [1.82, 2.24) is 0 Å². The van der Waals surface area contributed by atoms with Crippen molar-refractivity contribution in [2.24, 2.45) is 0 Å². The van der Waals surface area contributed by atoms with Gasteiger partial charge in [-0.2, -0.15) is 0 Å². The van der Waals surface area contributed by atoms with Crippen LogP contribution in [0.4, 0.5) is 0 Å². The largest absolute Gasteiger partial charge is 0.480 e. The molecule has 2 aromatic rings. The molecule has 2 rings (SSSR count). The van der Waals surface area contributed by atoms with Crippen molar-refractivity contribution in [3.8, 4) is 0 Å². The van der Waals surface area contributed by atoms with E-state index < -0.39 is 15.4 Å². The monoisotopic (exact) mass is 368 g/mol. The molecule has 0 spiro atoms. The van der Waals surface area contributed by atoms with E-state index in [9.17, 15) is 0 Å². The Morgan fingerprint density at radius 3 is 1.85 bits per heavy atom. The van der Waals surface area contributed by atoms with Crippen molar-refractivity contribution in [1.29, 1.82) is 0 Å². The van der Waals surface area contributed by atoms with Gasteiger partial charge in [0.25, 0.3) is 8.32 Å². The molecule has 0 aliphatic carbocycles. The molecule has 0 aliphatic rings. The van der Waals surface area contributed by atoms with Gasteiger partial charge in [-0.05, 0) is 28.3 Å². The molecule has 3 nitrogen and oxygen atoms in total. The van der Waals surface area contributed by atoms with Crippen LogP contribution in [0.1, 0.15) is 33.6 Å². The molecule has 0 heterocycles. The molecule has 0 unspecified atom stereocenters. The molecule has 0 bridgehead atoms. The second-order valence-corrected chi connectivity index (χ2v) is 11.8. The van der Waals surface area contributed by atoms with Crippen LogP contribution >= 0.6 is 0 Å². The third kappa shape index (κ3) is 4.95. The highest BCUT2D eigenvalue weighted by Gasteiger charge is 2.49. The zero-order valence-electron chi connectivity index (χ0n) is 15.9. The van der Waals surface area contributed by atoms with Crippen LogP contribution in [0.15, 0.2) is 72.7 Å². The predicted octanol–water partition coefficient (Wildman–Crippen LogP) is 2.91. The van der Waals surface area contributed by atoms with E-state index in [1.54, 1.807) is 6.08 Å². The molecule has 5 heteroatoms. The summed E-state index contributed by atoms with van der Waals surface area (Å²) in [5, 5.41) is 20.3. The van der Waals surface area contributed by atoms with E-state index >= 15 is 0 Å². The highest BCUT2D eigenvalue weighted by molar-refractivity contribution is 6.99. The summed E-state index contributed by atoms with van der Waals surface area (Å²) in [6.45, 7) is 7.43.